The van der Waals surface area contributed by atoms with Crippen LogP contribution in [-0.2, 0) is 22.6 Å². The maximum absolute atomic E-state index is 13.1. The average Bonchev–Trinajstić information content (AvgIpc) is 2.92. The number of alkyl halides is 3. The molecule has 0 saturated heterocycles. The summed E-state index contributed by atoms with van der Waals surface area (Å²) >= 11 is 0. The number of hydrogen-bond donors (Lipinski definition) is 1. The molecule has 3 aromatic carbocycles. The molecule has 1 amide bonds. The minimum Gasteiger partial charge on any atom is -0.490 e. The first-order valence-corrected chi connectivity index (χ1v) is 13.9. The fourth-order valence-corrected chi connectivity index (χ4v) is 5.15. The van der Waals surface area contributed by atoms with Crippen LogP contribution in [-0.4, -0.2) is 33.2 Å². The van der Waals surface area contributed by atoms with Crippen molar-refractivity contribution in [3.05, 3.63) is 89.0 Å². The van der Waals surface area contributed by atoms with Crippen molar-refractivity contribution < 1.29 is 31.1 Å². The number of benzene rings is 3. The van der Waals surface area contributed by atoms with E-state index in [-0.39, 0.29) is 17.1 Å². The number of anilines is 1. The van der Waals surface area contributed by atoms with Crippen molar-refractivity contribution in [1.82, 2.24) is 5.32 Å². The molecule has 11 heteroatoms. The highest BCUT2D eigenvalue weighted by Gasteiger charge is 2.30. The second-order valence-electron chi connectivity index (χ2n) is 9.01. The van der Waals surface area contributed by atoms with Crippen molar-refractivity contribution in [3.63, 3.8) is 0 Å². The maximum atomic E-state index is 13.1. The molecule has 4 rings (SSSR count). The summed E-state index contributed by atoms with van der Waals surface area (Å²) in [4.78, 5) is 15.2. The molecule has 0 bridgehead atoms. The lowest BCUT2D eigenvalue weighted by atomic mass is 10.0. The van der Waals surface area contributed by atoms with Crippen LogP contribution in [0.1, 0.15) is 46.4 Å². The third-order valence-corrected chi connectivity index (χ3v) is 8.21. The van der Waals surface area contributed by atoms with Gasteiger partial charge in [0.15, 0.2) is 9.84 Å². The van der Waals surface area contributed by atoms with Crippen LogP contribution in [0.2, 0.25) is 0 Å². The lowest BCUT2D eigenvalue weighted by Gasteiger charge is -2.31. The van der Waals surface area contributed by atoms with Crippen molar-refractivity contribution in [2.45, 2.75) is 37.0 Å². The summed E-state index contributed by atoms with van der Waals surface area (Å²) in [6.45, 7) is 2.78. The second kappa shape index (κ2) is 11.4. The van der Waals surface area contributed by atoms with Gasteiger partial charge in [-0.25, -0.2) is 8.42 Å². The van der Waals surface area contributed by atoms with E-state index >= 15 is 0 Å². The highest BCUT2D eigenvalue weighted by atomic mass is 32.2. The standard InChI is InChI=1S/C28H26F3N3O4S/c1-2-39(36,37)23-10-5-20(6-11-23)24(13-14-32)33-27(35)21-7-12-25-26(17-21)38-16-15-34(25)18-19-3-8-22(9-4-19)28(29,30)31/h3-12,17,24H,2,13,15-16,18H2,1H3,(H,33,35)/t24-/m0/s1. The second-order valence-corrected chi connectivity index (χ2v) is 11.3. The summed E-state index contributed by atoms with van der Waals surface area (Å²) in [5.74, 6) is -0.00842. The largest absolute Gasteiger partial charge is 0.490 e. The molecule has 0 radical (unpaired) electrons. The molecule has 0 aliphatic carbocycles. The topological polar surface area (TPSA) is 99.5 Å². The minimum atomic E-state index is -4.40. The van der Waals surface area contributed by atoms with E-state index < -0.39 is 33.5 Å². The molecule has 1 atom stereocenters. The van der Waals surface area contributed by atoms with Gasteiger partial charge in [-0.1, -0.05) is 31.2 Å². The van der Waals surface area contributed by atoms with E-state index in [1.54, 1.807) is 37.3 Å². The summed E-state index contributed by atoms with van der Waals surface area (Å²) in [7, 11) is -3.38. The Morgan fingerprint density at radius 3 is 2.41 bits per heavy atom. The maximum Gasteiger partial charge on any atom is 0.416 e. The molecule has 7 nitrogen and oxygen atoms in total. The quantitative estimate of drug-likeness (QED) is 0.405. The van der Waals surface area contributed by atoms with Gasteiger partial charge in [-0.05, 0) is 53.6 Å². The zero-order valence-electron chi connectivity index (χ0n) is 21.0. The van der Waals surface area contributed by atoms with Crippen LogP contribution < -0.4 is 15.0 Å². The number of nitriles is 1. The number of ether oxygens (including phenoxy) is 1. The van der Waals surface area contributed by atoms with Crippen LogP contribution in [0.4, 0.5) is 18.9 Å². The van der Waals surface area contributed by atoms with E-state index in [0.29, 0.717) is 47.8 Å². The summed E-state index contributed by atoms with van der Waals surface area (Å²) < 4.78 is 68.5. The van der Waals surface area contributed by atoms with E-state index in [1.165, 1.54) is 24.3 Å². The first kappa shape index (κ1) is 28.0. The number of carbonyl (C=O) groups is 1. The van der Waals surface area contributed by atoms with Gasteiger partial charge in [-0.2, -0.15) is 18.4 Å². The molecule has 0 unspecified atom stereocenters. The Bertz CT molecular complexity index is 1480. The van der Waals surface area contributed by atoms with Crippen molar-refractivity contribution in [2.75, 3.05) is 23.8 Å². The Kier molecular flexibility index (Phi) is 8.16. The van der Waals surface area contributed by atoms with Crippen LogP contribution in [0, 0.1) is 11.3 Å². The van der Waals surface area contributed by atoms with Gasteiger partial charge in [0.1, 0.15) is 12.4 Å². The molecule has 1 N–H and O–H groups in total. The first-order chi connectivity index (χ1) is 18.5. The number of halogens is 3. The van der Waals surface area contributed by atoms with Crippen molar-refractivity contribution in [2.24, 2.45) is 0 Å². The Morgan fingerprint density at radius 2 is 1.79 bits per heavy atom. The Balaban J connectivity index is 1.49. The minimum absolute atomic E-state index is 0.0199. The average molecular weight is 558 g/mol. The van der Waals surface area contributed by atoms with Gasteiger partial charge in [0.2, 0.25) is 0 Å². The van der Waals surface area contributed by atoms with Gasteiger partial charge in [0, 0.05) is 12.1 Å². The first-order valence-electron chi connectivity index (χ1n) is 12.2. The summed E-state index contributed by atoms with van der Waals surface area (Å²) in [5, 5.41) is 12.1. The van der Waals surface area contributed by atoms with E-state index in [0.717, 1.165) is 12.1 Å². The predicted octanol–water partition coefficient (Wildman–Crippen LogP) is 5.28. The van der Waals surface area contributed by atoms with Crippen LogP contribution in [0.25, 0.3) is 0 Å². The molecule has 1 aliphatic heterocycles. The Hall–Kier alpha value is -4.04. The Labute approximate surface area is 224 Å². The lowest BCUT2D eigenvalue weighted by molar-refractivity contribution is -0.137. The third kappa shape index (κ3) is 6.52. The molecular weight excluding hydrogens is 531 g/mol. The number of amides is 1. The number of nitrogens with zero attached hydrogens (tertiary/aromatic N) is 2. The molecule has 0 saturated carbocycles. The highest BCUT2D eigenvalue weighted by molar-refractivity contribution is 7.91. The molecule has 1 heterocycles. The molecule has 3 aromatic rings. The molecule has 39 heavy (non-hydrogen) atoms. The van der Waals surface area contributed by atoms with Crippen LogP contribution in [0.5, 0.6) is 5.75 Å². The number of fused-ring (bicyclic) bond motifs is 1. The summed E-state index contributed by atoms with van der Waals surface area (Å²) in [5.41, 5.74) is 1.60. The van der Waals surface area contributed by atoms with Gasteiger partial charge in [-0.3, -0.25) is 4.79 Å². The van der Waals surface area contributed by atoms with E-state index in [4.69, 9.17) is 4.74 Å². The summed E-state index contributed by atoms with van der Waals surface area (Å²) in [6, 6.07) is 17.4. The zero-order valence-corrected chi connectivity index (χ0v) is 21.8. The van der Waals surface area contributed by atoms with Crippen LogP contribution in [0.15, 0.2) is 71.6 Å². The van der Waals surface area contributed by atoms with Crippen molar-refractivity contribution in [3.8, 4) is 11.8 Å². The van der Waals surface area contributed by atoms with Gasteiger partial charge < -0.3 is 15.0 Å². The van der Waals surface area contributed by atoms with Gasteiger partial charge in [0.25, 0.3) is 5.91 Å². The van der Waals surface area contributed by atoms with Crippen LogP contribution >= 0.6 is 0 Å². The number of sulfone groups is 1. The molecule has 0 fully saturated rings. The van der Waals surface area contributed by atoms with Gasteiger partial charge in [-0.15, -0.1) is 0 Å². The number of hydrogen-bond acceptors (Lipinski definition) is 6. The predicted molar refractivity (Wildman–Crippen MR) is 139 cm³/mol. The SMILES string of the molecule is CCS(=O)(=O)c1ccc([C@H](CC#N)NC(=O)c2ccc3c(c2)OCCN3Cc2ccc(C(F)(F)F)cc2)cc1. The van der Waals surface area contributed by atoms with Gasteiger partial charge >= 0.3 is 6.18 Å². The summed E-state index contributed by atoms with van der Waals surface area (Å²) in [6.07, 6.45) is -4.42. The fraction of sp³-hybridized carbons (Fsp3) is 0.286. The van der Waals surface area contributed by atoms with Crippen LogP contribution in [0.3, 0.4) is 0 Å². The zero-order chi connectivity index (χ0) is 28.2. The molecule has 0 aromatic heterocycles. The third-order valence-electron chi connectivity index (χ3n) is 6.46. The normalized spacial score (nSPS) is 14.1. The van der Waals surface area contributed by atoms with E-state index in [1.807, 2.05) is 11.0 Å². The monoisotopic (exact) mass is 557 g/mol. The van der Waals surface area contributed by atoms with Crippen molar-refractivity contribution >= 4 is 21.4 Å². The molecule has 204 valence electrons. The molecule has 0 spiro atoms. The van der Waals surface area contributed by atoms with E-state index in [2.05, 4.69) is 5.32 Å². The van der Waals surface area contributed by atoms with E-state index in [9.17, 15) is 31.6 Å². The number of carbonyl (C=O) groups excluding carboxylic acids is 1. The number of nitrogens with one attached hydrogen (secondary N) is 1. The smallest absolute Gasteiger partial charge is 0.416 e. The van der Waals surface area contributed by atoms with Crippen molar-refractivity contribution in [1.29, 1.82) is 5.26 Å². The molecule has 1 aliphatic rings. The Morgan fingerprint density at radius 1 is 1.10 bits per heavy atom. The molecular formula is C28H26F3N3O4S. The lowest BCUT2D eigenvalue weighted by Crippen LogP contribution is -2.33. The number of rotatable bonds is 8. The fourth-order valence-electron chi connectivity index (χ4n) is 4.26. The van der Waals surface area contributed by atoms with Gasteiger partial charge in [0.05, 0.1) is 47.0 Å². The highest BCUT2D eigenvalue weighted by Crippen LogP contribution is 2.34.